The molecule has 0 saturated heterocycles. The number of furan rings is 1. The molecule has 0 aliphatic heterocycles. The molecule has 1 aliphatic rings. The number of anilines is 3. The fourth-order valence-corrected chi connectivity index (χ4v) is 7.25. The Bertz CT molecular complexity index is 2470. The van der Waals surface area contributed by atoms with Crippen LogP contribution in [0, 0.1) is 11.8 Å². The van der Waals surface area contributed by atoms with Crippen LogP contribution >= 0.6 is 0 Å². The maximum atomic E-state index is 6.38. The Labute approximate surface area is 274 Å². The molecule has 2 nitrogen and oxygen atoms in total. The number of hydrogen-bond acceptors (Lipinski definition) is 2. The molecule has 1 heterocycles. The minimum atomic E-state index is -0.663. The lowest BCUT2D eigenvalue weighted by atomic mass is 9.73. The normalized spacial score (nSPS) is 14.7. The standard InChI is InChI=1S/C45H29NO/c1-4-15-32(16-5-1)29-30-45(33-17-6-2-7-18-33)39-23-12-10-22-38(39)44-40(45)24-14-25-41(44)46(34-19-8-3-9-20-34)35-27-28-37-36-21-11-13-26-42(36)47-43(37)31-35/h1-28,31H. The number of para-hydroxylation sites is 2. The maximum Gasteiger partial charge on any atom is 0.137 e. The van der Waals surface area contributed by atoms with Gasteiger partial charge < -0.3 is 9.32 Å². The highest BCUT2D eigenvalue weighted by atomic mass is 16.3. The second-order valence-corrected chi connectivity index (χ2v) is 11.9. The van der Waals surface area contributed by atoms with Gasteiger partial charge in [0.25, 0.3) is 0 Å². The molecular weight excluding hydrogens is 571 g/mol. The van der Waals surface area contributed by atoms with E-state index in [-0.39, 0.29) is 0 Å². The first-order chi connectivity index (χ1) is 23.3. The number of fused-ring (bicyclic) bond motifs is 6. The summed E-state index contributed by atoms with van der Waals surface area (Å²) in [7, 11) is 0. The molecule has 0 spiro atoms. The van der Waals surface area contributed by atoms with E-state index >= 15 is 0 Å². The first-order valence-electron chi connectivity index (χ1n) is 15.9. The lowest BCUT2D eigenvalue weighted by Crippen LogP contribution is -2.25. The molecule has 1 aliphatic carbocycles. The molecule has 0 N–H and O–H groups in total. The zero-order valence-corrected chi connectivity index (χ0v) is 25.6. The van der Waals surface area contributed by atoms with Crippen molar-refractivity contribution in [1.82, 2.24) is 0 Å². The quantitative estimate of drug-likeness (QED) is 0.187. The average molecular weight is 600 g/mol. The van der Waals surface area contributed by atoms with E-state index in [0.29, 0.717) is 0 Å². The molecule has 2 heteroatoms. The fourth-order valence-electron chi connectivity index (χ4n) is 7.25. The van der Waals surface area contributed by atoms with Gasteiger partial charge in [0.15, 0.2) is 0 Å². The number of benzene rings is 7. The Morgan fingerprint density at radius 1 is 0.489 bits per heavy atom. The van der Waals surface area contributed by atoms with Crippen molar-refractivity contribution >= 4 is 39.0 Å². The monoisotopic (exact) mass is 599 g/mol. The summed E-state index contributed by atoms with van der Waals surface area (Å²) >= 11 is 0. The SMILES string of the molecule is C(#CC1(c2ccccc2)c2ccccc2-c2c(N(c3ccccc3)c3ccc4c(c3)oc3ccccc34)cccc21)c1ccccc1. The van der Waals surface area contributed by atoms with Crippen LogP contribution in [0.4, 0.5) is 17.1 Å². The molecule has 1 aromatic heterocycles. The van der Waals surface area contributed by atoms with Gasteiger partial charge in [0, 0.05) is 39.3 Å². The summed E-state index contributed by atoms with van der Waals surface area (Å²) in [6, 6.07) is 61.8. The third-order valence-electron chi connectivity index (χ3n) is 9.30. The second-order valence-electron chi connectivity index (χ2n) is 11.9. The van der Waals surface area contributed by atoms with E-state index in [1.54, 1.807) is 0 Å². The third kappa shape index (κ3) is 4.29. The van der Waals surface area contributed by atoms with Gasteiger partial charge in [-0.15, -0.1) is 0 Å². The largest absolute Gasteiger partial charge is 0.456 e. The van der Waals surface area contributed by atoms with E-state index < -0.39 is 5.41 Å². The average Bonchev–Trinajstić information content (AvgIpc) is 3.66. The lowest BCUT2D eigenvalue weighted by Gasteiger charge is -2.30. The minimum absolute atomic E-state index is 0.663. The van der Waals surface area contributed by atoms with Crippen LogP contribution in [0.3, 0.4) is 0 Å². The highest BCUT2D eigenvalue weighted by Crippen LogP contribution is 2.56. The maximum absolute atomic E-state index is 6.38. The molecule has 0 radical (unpaired) electrons. The number of nitrogens with zero attached hydrogens (tertiary/aromatic N) is 1. The Morgan fingerprint density at radius 3 is 1.98 bits per heavy atom. The lowest BCUT2D eigenvalue weighted by molar-refractivity contribution is 0.669. The van der Waals surface area contributed by atoms with Crippen LogP contribution in [0.5, 0.6) is 0 Å². The topological polar surface area (TPSA) is 16.4 Å². The molecule has 0 bridgehead atoms. The molecule has 8 aromatic rings. The Morgan fingerprint density at radius 2 is 1.15 bits per heavy atom. The van der Waals surface area contributed by atoms with Gasteiger partial charge in [-0.2, -0.15) is 0 Å². The molecule has 0 fully saturated rings. The van der Waals surface area contributed by atoms with Crippen LogP contribution in [-0.4, -0.2) is 0 Å². The Kier molecular flexibility index (Phi) is 6.30. The van der Waals surface area contributed by atoms with Gasteiger partial charge in [0.2, 0.25) is 0 Å². The van der Waals surface area contributed by atoms with Crippen LogP contribution in [-0.2, 0) is 5.41 Å². The molecule has 1 atom stereocenters. The van der Waals surface area contributed by atoms with Gasteiger partial charge in [-0.25, -0.2) is 0 Å². The van der Waals surface area contributed by atoms with Gasteiger partial charge in [-0.1, -0.05) is 133 Å². The van der Waals surface area contributed by atoms with Gasteiger partial charge >= 0.3 is 0 Å². The van der Waals surface area contributed by atoms with Crippen molar-refractivity contribution in [2.24, 2.45) is 0 Å². The Balaban J connectivity index is 1.33. The van der Waals surface area contributed by atoms with Crippen molar-refractivity contribution < 1.29 is 4.42 Å². The second kappa shape index (κ2) is 10.9. The summed E-state index contributed by atoms with van der Waals surface area (Å²) in [5.41, 5.74) is 11.2. The van der Waals surface area contributed by atoms with Crippen molar-refractivity contribution in [2.75, 3.05) is 4.90 Å². The predicted molar refractivity (Wildman–Crippen MR) is 193 cm³/mol. The van der Waals surface area contributed by atoms with Crippen LogP contribution in [0.15, 0.2) is 180 Å². The van der Waals surface area contributed by atoms with Crippen LogP contribution in [0.2, 0.25) is 0 Å². The number of hydrogen-bond donors (Lipinski definition) is 0. The molecule has 9 rings (SSSR count). The highest BCUT2D eigenvalue weighted by molar-refractivity contribution is 6.06. The fraction of sp³-hybridized carbons (Fsp3) is 0.0222. The van der Waals surface area contributed by atoms with Gasteiger partial charge in [0.1, 0.15) is 16.6 Å². The van der Waals surface area contributed by atoms with Crippen LogP contribution in [0.25, 0.3) is 33.1 Å². The zero-order valence-electron chi connectivity index (χ0n) is 25.6. The van der Waals surface area contributed by atoms with Crippen molar-refractivity contribution in [3.8, 4) is 23.0 Å². The smallest absolute Gasteiger partial charge is 0.137 e. The minimum Gasteiger partial charge on any atom is -0.456 e. The van der Waals surface area contributed by atoms with Crippen LogP contribution < -0.4 is 4.90 Å². The number of rotatable bonds is 4. The van der Waals surface area contributed by atoms with Gasteiger partial charge in [0.05, 0.1) is 5.69 Å². The molecule has 0 saturated carbocycles. The summed E-state index contributed by atoms with van der Waals surface area (Å²) < 4.78 is 6.38. The van der Waals surface area contributed by atoms with E-state index in [9.17, 15) is 0 Å². The molecule has 0 amide bonds. The first-order valence-corrected chi connectivity index (χ1v) is 15.9. The zero-order chi connectivity index (χ0) is 31.2. The van der Waals surface area contributed by atoms with Crippen molar-refractivity contribution in [2.45, 2.75) is 5.41 Å². The van der Waals surface area contributed by atoms with E-state index in [0.717, 1.165) is 50.1 Å². The molecule has 220 valence electrons. The van der Waals surface area contributed by atoms with Gasteiger partial charge in [-0.05, 0) is 70.8 Å². The Hall–Kier alpha value is -6.30. The predicted octanol–water partition coefficient (Wildman–Crippen LogP) is 11.4. The van der Waals surface area contributed by atoms with E-state index in [1.165, 1.54) is 22.3 Å². The van der Waals surface area contributed by atoms with E-state index in [2.05, 4.69) is 162 Å². The third-order valence-corrected chi connectivity index (χ3v) is 9.30. The molecule has 47 heavy (non-hydrogen) atoms. The summed E-state index contributed by atoms with van der Waals surface area (Å²) in [4.78, 5) is 2.36. The van der Waals surface area contributed by atoms with Crippen molar-refractivity contribution in [1.29, 1.82) is 0 Å². The van der Waals surface area contributed by atoms with Gasteiger partial charge in [-0.3, -0.25) is 0 Å². The summed E-state index contributed by atoms with van der Waals surface area (Å²) in [6.45, 7) is 0. The summed E-state index contributed by atoms with van der Waals surface area (Å²) in [5, 5.41) is 2.24. The van der Waals surface area contributed by atoms with Crippen LogP contribution in [0.1, 0.15) is 22.3 Å². The highest BCUT2D eigenvalue weighted by Gasteiger charge is 2.45. The van der Waals surface area contributed by atoms with Crippen molar-refractivity contribution in [3.63, 3.8) is 0 Å². The summed E-state index contributed by atoms with van der Waals surface area (Å²) in [5.74, 6) is 7.42. The van der Waals surface area contributed by atoms with E-state index in [4.69, 9.17) is 4.42 Å². The molecular formula is C45H29NO. The first kappa shape index (κ1) is 27.0. The van der Waals surface area contributed by atoms with Crippen molar-refractivity contribution in [3.05, 3.63) is 198 Å². The van der Waals surface area contributed by atoms with E-state index in [1.807, 2.05) is 30.3 Å². The summed E-state index contributed by atoms with van der Waals surface area (Å²) in [6.07, 6.45) is 0. The molecule has 7 aromatic carbocycles. The molecule has 1 unspecified atom stereocenters.